The number of aliphatic hydroxyl groups is 1. The number of hydrogen-bond acceptors (Lipinski definition) is 2. The molecule has 0 saturated carbocycles. The van der Waals surface area contributed by atoms with Gasteiger partial charge in [0.25, 0.3) is 0 Å². The second-order valence-electron chi connectivity index (χ2n) is 7.84. The van der Waals surface area contributed by atoms with Crippen LogP contribution in [0.25, 0.3) is 26.8 Å². The monoisotopic (exact) mass is 516 g/mol. The zero-order valence-electron chi connectivity index (χ0n) is 19.5. The molecule has 33 heavy (non-hydrogen) atoms. The van der Waals surface area contributed by atoms with Crippen LogP contribution in [0, 0.1) is 0 Å². The molecule has 1 aliphatic rings. The summed E-state index contributed by atoms with van der Waals surface area (Å²) in [5, 5.41) is 16.0. The molecule has 0 radical (unpaired) electrons. The number of allylic oxidation sites excluding steroid dienone is 2. The van der Waals surface area contributed by atoms with Gasteiger partial charge >= 0.3 is 0 Å². The molecule has 1 N–H and O–H groups in total. The first kappa shape index (κ1) is 23.7. The first-order valence-corrected chi connectivity index (χ1v) is 13.2. The summed E-state index contributed by atoms with van der Waals surface area (Å²) in [5.41, 5.74) is 6.21. The van der Waals surface area contributed by atoms with E-state index in [1.807, 2.05) is 32.9 Å². The van der Waals surface area contributed by atoms with Gasteiger partial charge in [-0.3, -0.25) is 0 Å². The Kier molecular flexibility index (Phi) is 7.04. The molecule has 0 bridgehead atoms. The van der Waals surface area contributed by atoms with Crippen molar-refractivity contribution in [3.63, 3.8) is 0 Å². The molecule has 1 nitrogen and oxygen atoms in total. The molecule has 5 rings (SSSR count). The molecule has 168 valence electrons. The minimum Gasteiger partial charge on any atom is -0.376 e. The van der Waals surface area contributed by atoms with Gasteiger partial charge in [0.2, 0.25) is 0 Å². The van der Waals surface area contributed by atoms with Crippen molar-refractivity contribution in [2.24, 2.45) is 0 Å². The summed E-state index contributed by atoms with van der Waals surface area (Å²) in [6.07, 6.45) is 4.97. The molecule has 0 fully saturated rings. The molecular formula is C30H29BrOS. The molecule has 1 unspecified atom stereocenters. The van der Waals surface area contributed by atoms with Crippen LogP contribution in [0.4, 0.5) is 0 Å². The lowest BCUT2D eigenvalue weighted by Crippen LogP contribution is -2.28. The van der Waals surface area contributed by atoms with E-state index in [1.54, 1.807) is 11.3 Å². The summed E-state index contributed by atoms with van der Waals surface area (Å²) in [4.78, 5) is 0. The highest BCUT2D eigenvalue weighted by atomic mass is 79.9. The van der Waals surface area contributed by atoms with E-state index in [4.69, 9.17) is 0 Å². The Labute approximate surface area is 209 Å². The topological polar surface area (TPSA) is 20.2 Å². The summed E-state index contributed by atoms with van der Waals surface area (Å²) in [6.45, 7) is 8.17. The number of rotatable bonds is 4. The number of thiophene rings is 1. The van der Waals surface area contributed by atoms with Gasteiger partial charge in [-0.1, -0.05) is 97.4 Å². The number of fused-ring (bicyclic) bond motifs is 2. The second kappa shape index (κ2) is 9.80. The SMILES string of the molecule is C/C=C\C1=C(CC)c2ccc(Br)cc2C1(O)c1ccccc1-c1csc2ccccc12.CC. The van der Waals surface area contributed by atoms with Crippen LogP contribution in [0.15, 0.2) is 94.3 Å². The van der Waals surface area contributed by atoms with E-state index in [2.05, 4.69) is 95.0 Å². The normalized spacial score (nSPS) is 17.4. The molecule has 1 aliphatic carbocycles. The van der Waals surface area contributed by atoms with Crippen molar-refractivity contribution < 1.29 is 5.11 Å². The average Bonchev–Trinajstić information content (AvgIpc) is 3.38. The average molecular weight is 518 g/mol. The van der Waals surface area contributed by atoms with Crippen LogP contribution in [-0.4, -0.2) is 5.11 Å². The van der Waals surface area contributed by atoms with Crippen molar-refractivity contribution in [1.82, 2.24) is 0 Å². The number of hydrogen-bond donors (Lipinski definition) is 1. The maximum Gasteiger partial charge on any atom is 0.142 e. The Morgan fingerprint density at radius 1 is 0.909 bits per heavy atom. The lowest BCUT2D eigenvalue weighted by Gasteiger charge is -2.30. The highest BCUT2D eigenvalue weighted by molar-refractivity contribution is 9.10. The molecule has 0 saturated heterocycles. The van der Waals surface area contributed by atoms with Gasteiger partial charge in [0.15, 0.2) is 0 Å². The predicted octanol–water partition coefficient (Wildman–Crippen LogP) is 9.35. The molecule has 1 heterocycles. The standard InChI is InChI=1S/C28H23BrOS.C2H6/c1-3-9-24-19(4-2)21-15-14-18(29)16-26(21)28(24,30)25-12-7-5-10-20(25)23-17-31-27-13-8-6-11-22(23)27;1-2/h3,5-17,30H,4H2,1-2H3;1-2H3/b9-3-;. The Morgan fingerprint density at radius 2 is 1.64 bits per heavy atom. The van der Waals surface area contributed by atoms with Crippen molar-refractivity contribution in [2.45, 2.75) is 39.7 Å². The van der Waals surface area contributed by atoms with E-state index in [-0.39, 0.29) is 0 Å². The smallest absolute Gasteiger partial charge is 0.142 e. The molecule has 0 aliphatic heterocycles. The molecule has 4 aromatic rings. The second-order valence-corrected chi connectivity index (χ2v) is 9.66. The molecule has 0 amide bonds. The van der Waals surface area contributed by atoms with E-state index in [9.17, 15) is 5.11 Å². The lowest BCUT2D eigenvalue weighted by molar-refractivity contribution is 0.129. The summed E-state index contributed by atoms with van der Waals surface area (Å²) >= 11 is 5.38. The van der Waals surface area contributed by atoms with Gasteiger partial charge in [-0.05, 0) is 59.2 Å². The number of halogens is 1. The van der Waals surface area contributed by atoms with E-state index in [0.717, 1.165) is 38.7 Å². The minimum absolute atomic E-state index is 0.861. The van der Waals surface area contributed by atoms with Crippen molar-refractivity contribution in [1.29, 1.82) is 0 Å². The van der Waals surface area contributed by atoms with E-state index in [0.29, 0.717) is 0 Å². The summed E-state index contributed by atoms with van der Waals surface area (Å²) in [7, 11) is 0. The van der Waals surface area contributed by atoms with Crippen molar-refractivity contribution in [3.8, 4) is 11.1 Å². The third-order valence-corrected chi connectivity index (χ3v) is 7.64. The first-order chi connectivity index (χ1) is 16.1. The van der Waals surface area contributed by atoms with Crippen molar-refractivity contribution in [3.05, 3.63) is 111 Å². The summed E-state index contributed by atoms with van der Waals surface area (Å²) < 4.78 is 2.23. The highest BCUT2D eigenvalue weighted by Gasteiger charge is 2.44. The minimum atomic E-state index is -1.21. The third kappa shape index (κ3) is 3.82. The van der Waals surface area contributed by atoms with E-state index < -0.39 is 5.60 Å². The van der Waals surface area contributed by atoms with Crippen LogP contribution in [0.5, 0.6) is 0 Å². The Bertz CT molecular complexity index is 1360. The van der Waals surface area contributed by atoms with Gasteiger partial charge in [-0.25, -0.2) is 0 Å². The lowest BCUT2D eigenvalue weighted by atomic mass is 9.79. The Hall–Kier alpha value is -2.46. The fraction of sp³-hybridized carbons (Fsp3) is 0.200. The Balaban J connectivity index is 0.00000126. The van der Waals surface area contributed by atoms with Crippen LogP contribution < -0.4 is 0 Å². The van der Waals surface area contributed by atoms with Gasteiger partial charge < -0.3 is 5.11 Å². The van der Waals surface area contributed by atoms with Gasteiger partial charge in [-0.2, -0.15) is 0 Å². The van der Waals surface area contributed by atoms with Crippen LogP contribution in [0.1, 0.15) is 50.8 Å². The van der Waals surface area contributed by atoms with Crippen molar-refractivity contribution in [2.75, 3.05) is 0 Å². The molecule has 0 spiro atoms. The zero-order chi connectivity index (χ0) is 23.6. The summed E-state index contributed by atoms with van der Waals surface area (Å²) in [6, 6.07) is 23.0. The van der Waals surface area contributed by atoms with Gasteiger partial charge in [-0.15, -0.1) is 11.3 Å². The molecular weight excluding hydrogens is 488 g/mol. The largest absolute Gasteiger partial charge is 0.376 e. The fourth-order valence-electron chi connectivity index (χ4n) is 4.87. The first-order valence-electron chi connectivity index (χ1n) is 11.5. The van der Waals surface area contributed by atoms with Crippen LogP contribution in [0.2, 0.25) is 0 Å². The van der Waals surface area contributed by atoms with Crippen LogP contribution in [0.3, 0.4) is 0 Å². The third-order valence-electron chi connectivity index (χ3n) is 6.19. The molecule has 3 aromatic carbocycles. The van der Waals surface area contributed by atoms with Crippen LogP contribution >= 0.6 is 27.3 Å². The highest BCUT2D eigenvalue weighted by Crippen LogP contribution is 2.53. The summed E-state index contributed by atoms with van der Waals surface area (Å²) in [5.74, 6) is 0. The Morgan fingerprint density at radius 3 is 2.39 bits per heavy atom. The zero-order valence-corrected chi connectivity index (χ0v) is 21.9. The van der Waals surface area contributed by atoms with Gasteiger partial charge in [0.05, 0.1) is 0 Å². The quantitative estimate of drug-likeness (QED) is 0.286. The fourth-order valence-corrected chi connectivity index (χ4v) is 6.19. The predicted molar refractivity (Wildman–Crippen MR) is 148 cm³/mol. The van der Waals surface area contributed by atoms with Gasteiger partial charge in [0.1, 0.15) is 5.60 Å². The van der Waals surface area contributed by atoms with E-state index >= 15 is 0 Å². The van der Waals surface area contributed by atoms with Crippen LogP contribution in [-0.2, 0) is 5.60 Å². The number of benzene rings is 3. The van der Waals surface area contributed by atoms with E-state index in [1.165, 1.54) is 21.2 Å². The molecule has 3 heteroatoms. The molecule has 1 atom stereocenters. The van der Waals surface area contributed by atoms with Crippen molar-refractivity contribution >= 4 is 42.9 Å². The molecule has 1 aromatic heterocycles. The maximum absolute atomic E-state index is 12.6. The maximum atomic E-state index is 12.6. The van der Waals surface area contributed by atoms with Gasteiger partial charge in [0, 0.05) is 31.2 Å².